The zero-order valence-corrected chi connectivity index (χ0v) is 14.6. The van der Waals surface area contributed by atoms with Gasteiger partial charge >= 0.3 is 0 Å². The zero-order chi connectivity index (χ0) is 19.1. The third kappa shape index (κ3) is 6.05. The van der Waals surface area contributed by atoms with Crippen LogP contribution in [-0.4, -0.2) is 65.7 Å². The molecule has 3 atom stereocenters. The molecule has 10 nitrogen and oxygen atoms in total. The van der Waals surface area contributed by atoms with E-state index in [1.54, 1.807) is 0 Å². The first-order chi connectivity index (χ1) is 11.6. The van der Waals surface area contributed by atoms with Crippen molar-refractivity contribution in [1.29, 1.82) is 0 Å². The summed E-state index contributed by atoms with van der Waals surface area (Å²) in [5, 5.41) is 7.26. The van der Waals surface area contributed by atoms with Gasteiger partial charge in [-0.25, -0.2) is 0 Å². The lowest BCUT2D eigenvalue weighted by Crippen LogP contribution is -2.55. The summed E-state index contributed by atoms with van der Waals surface area (Å²) in [5.74, 6) is -2.40. The highest BCUT2D eigenvalue weighted by Gasteiger charge is 2.33. The van der Waals surface area contributed by atoms with Gasteiger partial charge in [-0.2, -0.15) is 0 Å². The third-order valence-corrected chi connectivity index (χ3v) is 3.90. The van der Waals surface area contributed by atoms with Gasteiger partial charge in [0.15, 0.2) is 0 Å². The number of hydrogen-bond donors (Lipinski definition) is 4. The Labute approximate surface area is 145 Å². The number of nitrogens with two attached hydrogens (primary N) is 1. The van der Waals surface area contributed by atoms with Crippen LogP contribution in [0.1, 0.15) is 33.6 Å². The third-order valence-electron chi connectivity index (χ3n) is 3.90. The van der Waals surface area contributed by atoms with Crippen LogP contribution in [-0.2, 0) is 24.0 Å². The summed E-state index contributed by atoms with van der Waals surface area (Å²) >= 11 is 0. The monoisotopic (exact) mass is 355 g/mol. The highest BCUT2D eigenvalue weighted by atomic mass is 16.2. The number of carbonyl (C=O) groups is 5. The Morgan fingerprint density at radius 1 is 1.08 bits per heavy atom. The highest BCUT2D eigenvalue weighted by molar-refractivity contribution is 5.94. The number of amides is 5. The Morgan fingerprint density at radius 2 is 1.68 bits per heavy atom. The van der Waals surface area contributed by atoms with Crippen molar-refractivity contribution in [2.45, 2.75) is 51.7 Å². The number of primary amides is 1. The summed E-state index contributed by atoms with van der Waals surface area (Å²) in [7, 11) is 0. The maximum Gasteiger partial charge on any atom is 0.243 e. The SMILES string of the molecule is CC(=O)N1CCC[C@H]1C(=O)N[C@@H](C)C(=O)N[C@@H](C)C(=O)NCC(N)=O. The first-order valence-electron chi connectivity index (χ1n) is 8.07. The second-order valence-electron chi connectivity index (χ2n) is 6.02. The van der Waals surface area contributed by atoms with Crippen molar-refractivity contribution < 1.29 is 24.0 Å². The van der Waals surface area contributed by atoms with E-state index in [1.807, 2.05) is 0 Å². The van der Waals surface area contributed by atoms with E-state index in [2.05, 4.69) is 16.0 Å². The molecule has 1 fully saturated rings. The molecule has 1 heterocycles. The lowest BCUT2D eigenvalue weighted by molar-refractivity contribution is -0.138. The van der Waals surface area contributed by atoms with E-state index >= 15 is 0 Å². The highest BCUT2D eigenvalue weighted by Crippen LogP contribution is 2.17. The van der Waals surface area contributed by atoms with Gasteiger partial charge in [-0.15, -0.1) is 0 Å². The van der Waals surface area contributed by atoms with Gasteiger partial charge in [0.2, 0.25) is 29.5 Å². The number of likely N-dealkylation sites (tertiary alicyclic amines) is 1. The first-order valence-corrected chi connectivity index (χ1v) is 8.07. The Hall–Kier alpha value is -2.65. The molecule has 0 aromatic carbocycles. The average molecular weight is 355 g/mol. The molecule has 1 aliphatic heterocycles. The van der Waals surface area contributed by atoms with Crippen molar-refractivity contribution in [2.24, 2.45) is 5.73 Å². The predicted octanol–water partition coefficient (Wildman–Crippen LogP) is -2.39. The number of nitrogens with zero attached hydrogens (tertiary/aromatic N) is 1. The largest absolute Gasteiger partial charge is 0.368 e. The smallest absolute Gasteiger partial charge is 0.243 e. The molecule has 25 heavy (non-hydrogen) atoms. The topological polar surface area (TPSA) is 151 Å². The molecule has 1 aliphatic rings. The lowest BCUT2D eigenvalue weighted by atomic mass is 10.2. The van der Waals surface area contributed by atoms with Crippen molar-refractivity contribution in [2.75, 3.05) is 13.1 Å². The molecule has 5 N–H and O–H groups in total. The van der Waals surface area contributed by atoms with Gasteiger partial charge in [0.1, 0.15) is 18.1 Å². The normalized spacial score (nSPS) is 18.8. The second-order valence-corrected chi connectivity index (χ2v) is 6.02. The van der Waals surface area contributed by atoms with Crippen LogP contribution in [0.2, 0.25) is 0 Å². The van der Waals surface area contributed by atoms with Crippen LogP contribution < -0.4 is 21.7 Å². The van der Waals surface area contributed by atoms with Crippen LogP contribution in [0.4, 0.5) is 0 Å². The van der Waals surface area contributed by atoms with Crippen molar-refractivity contribution in [3.63, 3.8) is 0 Å². The Morgan fingerprint density at radius 3 is 2.24 bits per heavy atom. The summed E-state index contributed by atoms with van der Waals surface area (Å²) in [5.41, 5.74) is 4.92. The van der Waals surface area contributed by atoms with Gasteiger partial charge in [-0.05, 0) is 26.7 Å². The fourth-order valence-corrected chi connectivity index (χ4v) is 2.52. The van der Waals surface area contributed by atoms with Gasteiger partial charge in [0.05, 0.1) is 6.54 Å². The van der Waals surface area contributed by atoms with Crippen molar-refractivity contribution in [3.05, 3.63) is 0 Å². The molecular formula is C15H25N5O5. The quantitative estimate of drug-likeness (QED) is 0.402. The van der Waals surface area contributed by atoms with E-state index < -0.39 is 41.8 Å². The van der Waals surface area contributed by atoms with E-state index in [0.29, 0.717) is 13.0 Å². The predicted molar refractivity (Wildman–Crippen MR) is 87.8 cm³/mol. The van der Waals surface area contributed by atoms with Crippen LogP contribution in [0.15, 0.2) is 0 Å². The molecule has 140 valence electrons. The number of nitrogens with one attached hydrogen (secondary N) is 3. The molecule has 0 unspecified atom stereocenters. The van der Waals surface area contributed by atoms with Gasteiger partial charge in [0, 0.05) is 13.5 Å². The minimum absolute atomic E-state index is 0.186. The standard InChI is InChI=1S/C15H25N5O5/c1-8(13(23)17-7-12(16)22)18-14(24)9(2)19-15(25)11-5-4-6-20(11)10(3)21/h8-9,11H,4-7H2,1-3H3,(H2,16,22)(H,17,23)(H,18,24)(H,19,25)/t8-,9-,11-/m0/s1. The molecule has 5 amide bonds. The van der Waals surface area contributed by atoms with Crippen molar-refractivity contribution in [3.8, 4) is 0 Å². The molecule has 0 spiro atoms. The fourth-order valence-electron chi connectivity index (χ4n) is 2.52. The zero-order valence-electron chi connectivity index (χ0n) is 14.6. The molecule has 0 radical (unpaired) electrons. The van der Waals surface area contributed by atoms with Crippen LogP contribution >= 0.6 is 0 Å². The lowest BCUT2D eigenvalue weighted by Gasteiger charge is -2.24. The molecular weight excluding hydrogens is 330 g/mol. The molecule has 0 aromatic heterocycles. The summed E-state index contributed by atoms with van der Waals surface area (Å²) in [6.07, 6.45) is 1.28. The number of hydrogen-bond acceptors (Lipinski definition) is 5. The van der Waals surface area contributed by atoms with E-state index in [0.717, 1.165) is 6.42 Å². The number of rotatable bonds is 7. The summed E-state index contributed by atoms with van der Waals surface area (Å²) in [4.78, 5) is 59.6. The van der Waals surface area contributed by atoms with E-state index in [-0.39, 0.29) is 12.5 Å². The van der Waals surface area contributed by atoms with Crippen molar-refractivity contribution in [1.82, 2.24) is 20.9 Å². The first kappa shape index (κ1) is 20.4. The van der Waals surface area contributed by atoms with Crippen LogP contribution in [0.5, 0.6) is 0 Å². The fraction of sp³-hybridized carbons (Fsp3) is 0.667. The van der Waals surface area contributed by atoms with Crippen LogP contribution in [0.3, 0.4) is 0 Å². The summed E-state index contributed by atoms with van der Waals surface area (Å²) in [6.45, 7) is 4.51. The molecule has 0 bridgehead atoms. The Balaban J connectivity index is 2.50. The summed E-state index contributed by atoms with van der Waals surface area (Å²) < 4.78 is 0. The van der Waals surface area contributed by atoms with Gasteiger partial charge in [0.25, 0.3) is 0 Å². The Bertz CT molecular complexity index is 565. The molecule has 1 saturated heterocycles. The number of carbonyl (C=O) groups excluding carboxylic acids is 5. The van der Waals surface area contributed by atoms with E-state index in [9.17, 15) is 24.0 Å². The molecule has 0 aromatic rings. The minimum Gasteiger partial charge on any atom is -0.368 e. The second kappa shape index (κ2) is 9.00. The van der Waals surface area contributed by atoms with Crippen LogP contribution in [0.25, 0.3) is 0 Å². The maximum atomic E-state index is 12.3. The van der Waals surface area contributed by atoms with Crippen molar-refractivity contribution >= 4 is 29.5 Å². The van der Waals surface area contributed by atoms with Gasteiger partial charge in [-0.3, -0.25) is 24.0 Å². The molecule has 0 saturated carbocycles. The summed E-state index contributed by atoms with van der Waals surface area (Å²) in [6, 6.07) is -2.36. The van der Waals surface area contributed by atoms with Gasteiger partial charge < -0.3 is 26.6 Å². The van der Waals surface area contributed by atoms with E-state index in [1.165, 1.54) is 25.7 Å². The minimum atomic E-state index is -0.897. The van der Waals surface area contributed by atoms with Crippen LogP contribution in [0, 0.1) is 0 Å². The van der Waals surface area contributed by atoms with E-state index in [4.69, 9.17) is 5.73 Å². The maximum absolute atomic E-state index is 12.3. The molecule has 10 heteroatoms. The average Bonchev–Trinajstić information content (AvgIpc) is 3.02. The Kier molecular flexibility index (Phi) is 7.34. The van der Waals surface area contributed by atoms with Gasteiger partial charge in [-0.1, -0.05) is 0 Å². The molecule has 1 rings (SSSR count). The molecule has 0 aliphatic carbocycles.